The van der Waals surface area contributed by atoms with Crippen LogP contribution < -0.4 is 0 Å². The lowest BCUT2D eigenvalue weighted by molar-refractivity contribution is -0.107. The first kappa shape index (κ1) is 11.4. The summed E-state index contributed by atoms with van der Waals surface area (Å²) in [6.45, 7) is 1.81. The summed E-state index contributed by atoms with van der Waals surface area (Å²) in [4.78, 5) is 9.17. The smallest absolute Gasteiger partial charge is 0.303 e. The fraction of sp³-hybridized carbons (Fsp3) is 0.667. The molecule has 0 aliphatic rings. The molecular weight excluding hydrogens is 148 g/mol. The van der Waals surface area contributed by atoms with Crippen molar-refractivity contribution in [2.24, 2.45) is 0 Å². The summed E-state index contributed by atoms with van der Waals surface area (Å²) in [6, 6.07) is 0. The molecule has 56 valence electrons. The van der Waals surface area contributed by atoms with Crippen LogP contribution in [0.4, 0.5) is 0 Å². The maximum absolute atomic E-state index is 9.17. The van der Waals surface area contributed by atoms with E-state index in [1.807, 2.05) is 6.92 Å². The van der Waals surface area contributed by atoms with Gasteiger partial charge >= 0.3 is 10.4 Å². The predicted octanol–water partition coefficient (Wildman–Crippen LogP) is -0.0575. The molecule has 0 rings (SSSR count). The number of hydrogen-bond donors (Lipinski definition) is 2. The van der Waals surface area contributed by atoms with Gasteiger partial charge in [0.2, 0.25) is 0 Å². The van der Waals surface area contributed by atoms with Crippen LogP contribution >= 0.6 is 0 Å². The second-order valence-electron chi connectivity index (χ2n) is 1.02. The molecule has 0 bridgehead atoms. The fourth-order valence-corrected chi connectivity index (χ4v) is 0. The number of aldehydes is 1. The molecule has 0 fully saturated rings. The second-order valence-corrected chi connectivity index (χ2v) is 1.92. The quantitative estimate of drug-likeness (QED) is 0.410. The zero-order chi connectivity index (χ0) is 7.91. The van der Waals surface area contributed by atoms with E-state index in [2.05, 4.69) is 0 Å². The van der Waals surface area contributed by atoms with Crippen LogP contribution in [-0.2, 0) is 15.2 Å². The van der Waals surface area contributed by atoms with Crippen molar-refractivity contribution in [2.75, 3.05) is 0 Å². The molecule has 2 N–H and O–H groups in total. The maximum Gasteiger partial charge on any atom is 0.394 e. The Balaban J connectivity index is 0. The highest BCUT2D eigenvalue weighted by molar-refractivity contribution is 7.79. The van der Waals surface area contributed by atoms with Crippen LogP contribution in [0.2, 0.25) is 0 Å². The molecule has 6 heteroatoms. The molecule has 0 saturated carbocycles. The Morgan fingerprint density at radius 2 is 1.56 bits per heavy atom. The Bertz CT molecular complexity index is 138. The Kier molecular flexibility index (Phi) is 7.15. The van der Waals surface area contributed by atoms with E-state index in [1.165, 1.54) is 0 Å². The summed E-state index contributed by atoms with van der Waals surface area (Å²) in [5.41, 5.74) is 0. The van der Waals surface area contributed by atoms with Crippen molar-refractivity contribution in [1.29, 1.82) is 0 Å². The van der Waals surface area contributed by atoms with Crippen LogP contribution in [0, 0.1) is 0 Å². The van der Waals surface area contributed by atoms with Crippen molar-refractivity contribution < 1.29 is 22.3 Å². The van der Waals surface area contributed by atoms with Gasteiger partial charge in [-0.25, -0.2) is 0 Å². The summed E-state index contributed by atoms with van der Waals surface area (Å²) in [5, 5.41) is 0. The van der Waals surface area contributed by atoms with Crippen molar-refractivity contribution in [3.63, 3.8) is 0 Å². The average Bonchev–Trinajstić information content (AvgIpc) is 1.61. The van der Waals surface area contributed by atoms with Crippen molar-refractivity contribution in [1.82, 2.24) is 0 Å². The first-order valence-electron chi connectivity index (χ1n) is 2.05. The number of rotatable bonds is 1. The van der Waals surface area contributed by atoms with E-state index in [0.29, 0.717) is 6.42 Å². The molecule has 0 aromatic carbocycles. The van der Waals surface area contributed by atoms with Crippen molar-refractivity contribution in [3.8, 4) is 0 Å². The van der Waals surface area contributed by atoms with Gasteiger partial charge in [-0.2, -0.15) is 8.42 Å². The van der Waals surface area contributed by atoms with Gasteiger partial charge in [-0.15, -0.1) is 0 Å². The molecular formula is C3H8O5S. The number of carbonyl (C=O) groups is 1. The van der Waals surface area contributed by atoms with E-state index in [4.69, 9.17) is 17.5 Å². The molecule has 0 aromatic rings. The first-order valence-corrected chi connectivity index (χ1v) is 3.45. The SMILES string of the molecule is CCC=O.O=S(=O)(O)O. The molecule has 0 aromatic heterocycles. The normalized spacial score (nSPS) is 9.22. The molecule has 0 aliphatic heterocycles. The largest absolute Gasteiger partial charge is 0.394 e. The maximum atomic E-state index is 9.17. The van der Waals surface area contributed by atoms with Gasteiger partial charge in [0.1, 0.15) is 6.29 Å². The van der Waals surface area contributed by atoms with Gasteiger partial charge < -0.3 is 4.79 Å². The van der Waals surface area contributed by atoms with Crippen LogP contribution in [0.3, 0.4) is 0 Å². The van der Waals surface area contributed by atoms with Gasteiger partial charge in [-0.05, 0) is 0 Å². The predicted molar refractivity (Wildman–Crippen MR) is 30.5 cm³/mol. The Morgan fingerprint density at radius 3 is 1.56 bits per heavy atom. The van der Waals surface area contributed by atoms with E-state index in [1.54, 1.807) is 0 Å². The third kappa shape index (κ3) is 794. The van der Waals surface area contributed by atoms with Gasteiger partial charge in [0.05, 0.1) is 0 Å². The topological polar surface area (TPSA) is 91.7 Å². The molecule has 0 heterocycles. The molecule has 0 atom stereocenters. The van der Waals surface area contributed by atoms with Gasteiger partial charge in [-0.3, -0.25) is 9.11 Å². The monoisotopic (exact) mass is 156 g/mol. The lowest BCUT2D eigenvalue weighted by atomic mass is 10.6. The molecule has 0 unspecified atom stereocenters. The summed E-state index contributed by atoms with van der Waals surface area (Å²) < 4.78 is 31.6. The van der Waals surface area contributed by atoms with Gasteiger partial charge in [0.15, 0.2) is 0 Å². The zero-order valence-corrected chi connectivity index (χ0v) is 5.63. The Morgan fingerprint density at radius 1 is 1.44 bits per heavy atom. The standard InChI is InChI=1S/C3H6O.H2O4S/c1-2-3-4;1-5(2,3)4/h3H,2H2,1H3;(H2,1,2,3,4). The molecule has 0 spiro atoms. The van der Waals surface area contributed by atoms with Crippen molar-refractivity contribution in [3.05, 3.63) is 0 Å². The Labute approximate surface area is 53.3 Å². The minimum atomic E-state index is -4.67. The summed E-state index contributed by atoms with van der Waals surface area (Å²) in [6.07, 6.45) is 1.51. The molecule has 0 aliphatic carbocycles. The van der Waals surface area contributed by atoms with Crippen LogP contribution in [0.25, 0.3) is 0 Å². The third-order valence-electron chi connectivity index (χ3n) is 0.167. The molecule has 0 saturated heterocycles. The fourth-order valence-electron chi connectivity index (χ4n) is 0. The van der Waals surface area contributed by atoms with Crippen LogP contribution in [0.1, 0.15) is 13.3 Å². The highest BCUT2D eigenvalue weighted by Gasteiger charge is 1.84. The summed E-state index contributed by atoms with van der Waals surface area (Å²) in [5.74, 6) is 0. The Hall–Kier alpha value is -0.460. The number of hydrogen-bond acceptors (Lipinski definition) is 3. The van der Waals surface area contributed by atoms with E-state index in [0.717, 1.165) is 6.29 Å². The first-order chi connectivity index (χ1) is 3.91. The lowest BCUT2D eigenvalue weighted by Crippen LogP contribution is -1.89. The highest BCUT2D eigenvalue weighted by atomic mass is 32.3. The van der Waals surface area contributed by atoms with E-state index in [-0.39, 0.29) is 0 Å². The second kappa shape index (κ2) is 5.67. The average molecular weight is 156 g/mol. The zero-order valence-electron chi connectivity index (χ0n) is 4.81. The van der Waals surface area contributed by atoms with E-state index in [9.17, 15) is 4.79 Å². The minimum absolute atomic E-state index is 0.639. The highest BCUT2D eigenvalue weighted by Crippen LogP contribution is 1.59. The molecule has 5 nitrogen and oxygen atoms in total. The van der Waals surface area contributed by atoms with Gasteiger partial charge in [0, 0.05) is 6.42 Å². The third-order valence-corrected chi connectivity index (χ3v) is 0.167. The van der Waals surface area contributed by atoms with Gasteiger partial charge in [0.25, 0.3) is 0 Å². The molecule has 0 radical (unpaired) electrons. The van der Waals surface area contributed by atoms with E-state index < -0.39 is 10.4 Å². The van der Waals surface area contributed by atoms with Crippen LogP contribution in [-0.4, -0.2) is 23.8 Å². The summed E-state index contributed by atoms with van der Waals surface area (Å²) >= 11 is 0. The minimum Gasteiger partial charge on any atom is -0.303 e. The van der Waals surface area contributed by atoms with Gasteiger partial charge in [-0.1, -0.05) is 6.92 Å². The molecule has 9 heavy (non-hydrogen) atoms. The number of carbonyl (C=O) groups excluding carboxylic acids is 1. The van der Waals surface area contributed by atoms with E-state index >= 15 is 0 Å². The van der Waals surface area contributed by atoms with Crippen molar-refractivity contribution in [2.45, 2.75) is 13.3 Å². The van der Waals surface area contributed by atoms with Crippen LogP contribution in [0.5, 0.6) is 0 Å². The van der Waals surface area contributed by atoms with Crippen molar-refractivity contribution >= 4 is 16.7 Å². The molecule has 0 amide bonds. The lowest BCUT2D eigenvalue weighted by Gasteiger charge is -1.68. The summed E-state index contributed by atoms with van der Waals surface area (Å²) in [7, 11) is -4.67. The van der Waals surface area contributed by atoms with Crippen LogP contribution in [0.15, 0.2) is 0 Å².